The summed E-state index contributed by atoms with van der Waals surface area (Å²) in [7, 11) is 0. The average Bonchev–Trinajstić information content (AvgIpc) is 2.39. The van der Waals surface area contributed by atoms with E-state index < -0.39 is 0 Å². The average molecular weight is 264 g/mol. The van der Waals surface area contributed by atoms with E-state index in [9.17, 15) is 4.79 Å². The van der Waals surface area contributed by atoms with E-state index in [2.05, 4.69) is 24.1 Å². The zero-order valence-electron chi connectivity index (χ0n) is 12.1. The second kappa shape index (κ2) is 8.51. The number of nitrogens with one attached hydrogen (secondary N) is 1. The largest absolute Gasteiger partial charge is 0.462 e. The molecule has 0 spiro atoms. The van der Waals surface area contributed by atoms with Crippen molar-refractivity contribution >= 4 is 11.8 Å². The molecule has 0 amide bonds. The summed E-state index contributed by atoms with van der Waals surface area (Å²) in [5.41, 5.74) is 0.493. The van der Waals surface area contributed by atoms with Gasteiger partial charge in [-0.05, 0) is 31.4 Å². The molecule has 0 radical (unpaired) electrons. The molecular weight excluding hydrogens is 240 g/mol. The highest BCUT2D eigenvalue weighted by Crippen LogP contribution is 2.09. The number of anilines is 1. The van der Waals surface area contributed by atoms with Crippen LogP contribution in [0, 0.1) is 5.92 Å². The van der Waals surface area contributed by atoms with Gasteiger partial charge in [-0.25, -0.2) is 9.78 Å². The number of aromatic nitrogens is 1. The van der Waals surface area contributed by atoms with E-state index in [1.807, 2.05) is 6.07 Å². The molecule has 0 atom stereocenters. The molecule has 0 aliphatic carbocycles. The lowest BCUT2D eigenvalue weighted by atomic mass is 10.1. The first-order chi connectivity index (χ1) is 9.13. The molecule has 0 bridgehead atoms. The van der Waals surface area contributed by atoms with Gasteiger partial charge in [-0.3, -0.25) is 0 Å². The summed E-state index contributed by atoms with van der Waals surface area (Å²) in [6.45, 7) is 7.57. The van der Waals surface area contributed by atoms with Crippen molar-refractivity contribution in [2.45, 2.75) is 40.0 Å². The second-order valence-electron chi connectivity index (χ2n) is 4.97. The molecule has 19 heavy (non-hydrogen) atoms. The van der Waals surface area contributed by atoms with E-state index >= 15 is 0 Å². The van der Waals surface area contributed by atoms with E-state index in [0.29, 0.717) is 12.2 Å². The maximum atomic E-state index is 11.4. The summed E-state index contributed by atoms with van der Waals surface area (Å²) in [5, 5.41) is 3.25. The third-order valence-corrected chi connectivity index (χ3v) is 2.79. The maximum Gasteiger partial charge on any atom is 0.339 e. The van der Waals surface area contributed by atoms with Crippen LogP contribution in [0.1, 0.15) is 50.4 Å². The Labute approximate surface area is 115 Å². The van der Waals surface area contributed by atoms with E-state index in [-0.39, 0.29) is 5.97 Å². The topological polar surface area (TPSA) is 51.2 Å². The molecule has 4 nitrogen and oxygen atoms in total. The van der Waals surface area contributed by atoms with E-state index in [4.69, 9.17) is 4.74 Å². The normalized spacial score (nSPS) is 10.5. The zero-order valence-corrected chi connectivity index (χ0v) is 12.1. The van der Waals surface area contributed by atoms with Gasteiger partial charge in [-0.15, -0.1) is 0 Å². The number of rotatable bonds is 8. The Bertz CT molecular complexity index is 374. The van der Waals surface area contributed by atoms with Gasteiger partial charge in [0.05, 0.1) is 12.2 Å². The summed E-state index contributed by atoms with van der Waals surface area (Å²) in [6, 6.07) is 3.55. The molecule has 0 aliphatic heterocycles. The van der Waals surface area contributed by atoms with Crippen LogP contribution in [-0.2, 0) is 4.74 Å². The van der Waals surface area contributed by atoms with E-state index in [1.54, 1.807) is 19.2 Å². The third kappa shape index (κ3) is 6.22. The fourth-order valence-electron chi connectivity index (χ4n) is 1.73. The number of nitrogens with zero attached hydrogens (tertiary/aromatic N) is 1. The summed E-state index contributed by atoms with van der Waals surface area (Å²) in [4.78, 5) is 15.6. The summed E-state index contributed by atoms with van der Waals surface area (Å²) < 4.78 is 4.90. The Morgan fingerprint density at radius 1 is 1.37 bits per heavy atom. The Balaban J connectivity index is 2.30. The number of pyridine rings is 1. The van der Waals surface area contributed by atoms with Gasteiger partial charge in [0.15, 0.2) is 0 Å². The molecule has 1 heterocycles. The fourth-order valence-corrected chi connectivity index (χ4v) is 1.73. The zero-order chi connectivity index (χ0) is 14.1. The number of unbranched alkanes of at least 4 members (excludes halogenated alkanes) is 1. The monoisotopic (exact) mass is 264 g/mol. The van der Waals surface area contributed by atoms with Crippen molar-refractivity contribution in [2.75, 3.05) is 18.5 Å². The Kier molecular flexibility index (Phi) is 6.93. The molecule has 0 unspecified atom stereocenters. The molecule has 1 N–H and O–H groups in total. The highest BCUT2D eigenvalue weighted by atomic mass is 16.5. The maximum absolute atomic E-state index is 11.4. The van der Waals surface area contributed by atoms with Crippen molar-refractivity contribution in [2.24, 2.45) is 5.92 Å². The minimum absolute atomic E-state index is 0.321. The standard InChI is InChI=1S/C15H24N2O2/c1-4-19-15(18)13-8-9-14(17-11-13)16-10-6-5-7-12(2)3/h8-9,11-12H,4-7,10H2,1-3H3,(H,16,17). The third-order valence-electron chi connectivity index (χ3n) is 2.79. The van der Waals surface area contributed by atoms with Gasteiger partial charge in [0.2, 0.25) is 0 Å². The van der Waals surface area contributed by atoms with Gasteiger partial charge in [0.1, 0.15) is 5.82 Å². The minimum Gasteiger partial charge on any atom is -0.462 e. The van der Waals surface area contributed by atoms with Crippen LogP contribution in [0.15, 0.2) is 18.3 Å². The van der Waals surface area contributed by atoms with Gasteiger partial charge >= 0.3 is 5.97 Å². The Morgan fingerprint density at radius 3 is 2.74 bits per heavy atom. The van der Waals surface area contributed by atoms with Crippen LogP contribution in [0.4, 0.5) is 5.82 Å². The SMILES string of the molecule is CCOC(=O)c1ccc(NCCCCC(C)C)nc1. The van der Waals surface area contributed by atoms with E-state index in [0.717, 1.165) is 24.7 Å². The lowest BCUT2D eigenvalue weighted by Gasteiger charge is -2.07. The van der Waals surface area contributed by atoms with Crippen molar-refractivity contribution < 1.29 is 9.53 Å². The Hall–Kier alpha value is -1.58. The molecular formula is C15H24N2O2. The van der Waals surface area contributed by atoms with Gasteiger partial charge in [0, 0.05) is 12.7 Å². The molecule has 0 saturated heterocycles. The van der Waals surface area contributed by atoms with Crippen LogP contribution in [0.2, 0.25) is 0 Å². The smallest absolute Gasteiger partial charge is 0.339 e. The number of hydrogen-bond acceptors (Lipinski definition) is 4. The minimum atomic E-state index is -0.321. The highest BCUT2D eigenvalue weighted by molar-refractivity contribution is 5.89. The van der Waals surface area contributed by atoms with Crippen LogP contribution in [0.25, 0.3) is 0 Å². The lowest BCUT2D eigenvalue weighted by Crippen LogP contribution is -2.07. The predicted octanol–water partition coefficient (Wildman–Crippen LogP) is 3.50. The fraction of sp³-hybridized carbons (Fsp3) is 0.600. The van der Waals surface area contributed by atoms with Crippen LogP contribution < -0.4 is 5.32 Å². The van der Waals surface area contributed by atoms with Crippen molar-refractivity contribution in [1.29, 1.82) is 0 Å². The van der Waals surface area contributed by atoms with Crippen molar-refractivity contribution in [3.05, 3.63) is 23.9 Å². The molecule has 0 fully saturated rings. The van der Waals surface area contributed by atoms with Crippen molar-refractivity contribution in [1.82, 2.24) is 4.98 Å². The Morgan fingerprint density at radius 2 is 2.16 bits per heavy atom. The van der Waals surface area contributed by atoms with Gasteiger partial charge in [-0.1, -0.05) is 26.7 Å². The molecule has 106 valence electrons. The molecule has 0 saturated carbocycles. The quantitative estimate of drug-likeness (QED) is 0.577. The predicted molar refractivity (Wildman–Crippen MR) is 77.4 cm³/mol. The van der Waals surface area contributed by atoms with Crippen LogP contribution >= 0.6 is 0 Å². The van der Waals surface area contributed by atoms with Gasteiger partial charge < -0.3 is 10.1 Å². The molecule has 0 aromatic carbocycles. The highest BCUT2D eigenvalue weighted by Gasteiger charge is 2.06. The number of hydrogen-bond donors (Lipinski definition) is 1. The number of ether oxygens (including phenoxy) is 1. The summed E-state index contributed by atoms with van der Waals surface area (Å²) >= 11 is 0. The molecule has 0 aliphatic rings. The van der Waals surface area contributed by atoms with Crippen molar-refractivity contribution in [3.63, 3.8) is 0 Å². The summed E-state index contributed by atoms with van der Waals surface area (Å²) in [6.07, 6.45) is 5.18. The molecule has 4 heteroatoms. The summed E-state index contributed by atoms with van der Waals surface area (Å²) in [5.74, 6) is 1.25. The van der Waals surface area contributed by atoms with Crippen LogP contribution in [0.3, 0.4) is 0 Å². The number of carbonyl (C=O) groups excluding carboxylic acids is 1. The van der Waals surface area contributed by atoms with E-state index in [1.165, 1.54) is 12.8 Å². The van der Waals surface area contributed by atoms with Crippen LogP contribution in [-0.4, -0.2) is 24.1 Å². The number of carbonyl (C=O) groups is 1. The molecule has 1 aromatic rings. The van der Waals surface area contributed by atoms with Crippen molar-refractivity contribution in [3.8, 4) is 0 Å². The second-order valence-corrected chi connectivity index (χ2v) is 4.97. The van der Waals surface area contributed by atoms with Gasteiger partial charge in [-0.2, -0.15) is 0 Å². The van der Waals surface area contributed by atoms with Crippen LogP contribution in [0.5, 0.6) is 0 Å². The first kappa shape index (κ1) is 15.5. The first-order valence-electron chi connectivity index (χ1n) is 7.00. The number of esters is 1. The lowest BCUT2D eigenvalue weighted by molar-refractivity contribution is 0.0526. The van der Waals surface area contributed by atoms with Gasteiger partial charge in [0.25, 0.3) is 0 Å². The molecule has 1 aromatic heterocycles. The molecule has 1 rings (SSSR count). The first-order valence-corrected chi connectivity index (χ1v) is 7.00.